The first-order chi connectivity index (χ1) is 5.54. The lowest BCUT2D eigenvalue weighted by Gasteiger charge is -1.94. The molecule has 68 valence electrons. The van der Waals surface area contributed by atoms with Gasteiger partial charge in [-0.3, -0.25) is 0 Å². The molecule has 0 spiro atoms. The number of hydrogen-bond acceptors (Lipinski definition) is 5. The van der Waals surface area contributed by atoms with Gasteiger partial charge in [0.25, 0.3) is 15.2 Å². The molecule has 8 heteroatoms. The molecule has 0 fully saturated rings. The second kappa shape index (κ2) is 3.17. The van der Waals surface area contributed by atoms with Crippen LogP contribution >= 0.6 is 0 Å². The zero-order chi connectivity index (χ0) is 9.19. The number of methoxy groups -OCH3 is 1. The maximum atomic E-state index is 10.6. The van der Waals surface area contributed by atoms with Gasteiger partial charge in [-0.25, -0.2) is 23.2 Å². The summed E-state index contributed by atoms with van der Waals surface area (Å²) >= 11 is 0. The monoisotopic (exact) mass is 192 g/mol. The van der Waals surface area contributed by atoms with Gasteiger partial charge in [-0.15, -0.1) is 5.10 Å². The Morgan fingerprint density at radius 1 is 1.75 bits per heavy atom. The van der Waals surface area contributed by atoms with Crippen LogP contribution in [0.1, 0.15) is 0 Å². The van der Waals surface area contributed by atoms with E-state index in [9.17, 15) is 8.42 Å². The Morgan fingerprint density at radius 2 is 2.42 bits per heavy atom. The zero-order valence-electron chi connectivity index (χ0n) is 6.34. The van der Waals surface area contributed by atoms with Crippen molar-refractivity contribution in [1.82, 2.24) is 14.8 Å². The van der Waals surface area contributed by atoms with Crippen LogP contribution in [0.15, 0.2) is 11.5 Å². The minimum absolute atomic E-state index is 0.141. The van der Waals surface area contributed by atoms with Gasteiger partial charge in [-0.1, -0.05) is 0 Å². The number of sulfonamides is 1. The Labute approximate surface area is 69.2 Å². The van der Waals surface area contributed by atoms with Crippen LogP contribution in [0.3, 0.4) is 0 Å². The lowest BCUT2D eigenvalue weighted by Crippen LogP contribution is -2.14. The number of primary sulfonamides is 1. The van der Waals surface area contributed by atoms with Gasteiger partial charge in [0.1, 0.15) is 13.1 Å². The molecule has 0 unspecified atom stereocenters. The van der Waals surface area contributed by atoms with E-state index in [0.29, 0.717) is 0 Å². The van der Waals surface area contributed by atoms with Crippen LogP contribution in [-0.4, -0.2) is 30.3 Å². The number of hydrogen-bond donors (Lipinski definition) is 1. The van der Waals surface area contributed by atoms with Gasteiger partial charge in [0, 0.05) is 7.11 Å². The summed E-state index contributed by atoms with van der Waals surface area (Å²) in [6, 6.07) is 0. The van der Waals surface area contributed by atoms with Gasteiger partial charge in [0.05, 0.1) is 0 Å². The van der Waals surface area contributed by atoms with Crippen LogP contribution < -0.4 is 5.14 Å². The molecular formula is C4H8N4O3S. The van der Waals surface area contributed by atoms with Crippen molar-refractivity contribution >= 4 is 10.0 Å². The molecular weight excluding hydrogens is 184 g/mol. The molecule has 0 radical (unpaired) electrons. The van der Waals surface area contributed by atoms with Gasteiger partial charge in [-0.2, -0.15) is 0 Å². The summed E-state index contributed by atoms with van der Waals surface area (Å²) in [6.45, 7) is 0.141. The summed E-state index contributed by atoms with van der Waals surface area (Å²) < 4.78 is 27.2. The average Bonchev–Trinajstić information content (AvgIpc) is 2.35. The smallest absolute Gasteiger partial charge is 0.282 e. The lowest BCUT2D eigenvalue weighted by atomic mass is 11.1. The molecule has 12 heavy (non-hydrogen) atoms. The standard InChI is InChI=1S/C4H8N4O3S/c1-11-3-8-2-6-4(7-8)12(5,9)10/h2H,3H2,1H3,(H2,5,9,10). The second-order valence-electron chi connectivity index (χ2n) is 2.03. The van der Waals surface area contributed by atoms with Crippen molar-refractivity contribution in [3.8, 4) is 0 Å². The topological polar surface area (TPSA) is 100 Å². The summed E-state index contributed by atoms with van der Waals surface area (Å²) in [5, 5.41) is 7.89. The Kier molecular flexibility index (Phi) is 2.40. The number of nitrogens with two attached hydrogens (primary N) is 1. The molecule has 1 aromatic heterocycles. The highest BCUT2D eigenvalue weighted by molar-refractivity contribution is 7.89. The average molecular weight is 192 g/mol. The third kappa shape index (κ3) is 2.00. The molecule has 7 nitrogen and oxygen atoms in total. The SMILES string of the molecule is COCn1cnc(S(N)(=O)=O)n1. The summed E-state index contributed by atoms with van der Waals surface area (Å²) in [5.41, 5.74) is 0. The third-order valence-corrected chi connectivity index (χ3v) is 1.73. The number of rotatable bonds is 3. The van der Waals surface area contributed by atoms with E-state index in [2.05, 4.69) is 14.8 Å². The summed E-state index contributed by atoms with van der Waals surface area (Å²) in [4.78, 5) is 3.46. The third-order valence-electron chi connectivity index (χ3n) is 1.03. The van der Waals surface area contributed by atoms with Crippen molar-refractivity contribution < 1.29 is 13.2 Å². The van der Waals surface area contributed by atoms with Gasteiger partial charge in [-0.05, 0) is 0 Å². The predicted octanol–water partition coefficient (Wildman–Crippen LogP) is -1.47. The molecule has 0 amide bonds. The fourth-order valence-electron chi connectivity index (χ4n) is 0.602. The summed E-state index contributed by atoms with van der Waals surface area (Å²) in [6.07, 6.45) is 1.23. The quantitative estimate of drug-likeness (QED) is 0.630. The van der Waals surface area contributed by atoms with Crippen LogP contribution in [0.2, 0.25) is 0 Å². The Hall–Kier alpha value is -0.990. The number of nitrogens with zero attached hydrogens (tertiary/aromatic N) is 3. The maximum Gasteiger partial charge on any atom is 0.282 e. The first-order valence-corrected chi connectivity index (χ1v) is 4.50. The molecule has 0 saturated heterocycles. The van der Waals surface area contributed by atoms with E-state index in [4.69, 9.17) is 5.14 Å². The van der Waals surface area contributed by atoms with E-state index in [1.807, 2.05) is 0 Å². The molecule has 0 atom stereocenters. The van der Waals surface area contributed by atoms with Crippen molar-refractivity contribution in [3.63, 3.8) is 0 Å². The first-order valence-electron chi connectivity index (χ1n) is 2.95. The van der Waals surface area contributed by atoms with E-state index in [1.54, 1.807) is 0 Å². The molecule has 0 aromatic carbocycles. The molecule has 2 N–H and O–H groups in total. The second-order valence-corrected chi connectivity index (χ2v) is 3.48. The lowest BCUT2D eigenvalue weighted by molar-refractivity contribution is 0.119. The van der Waals surface area contributed by atoms with Crippen molar-refractivity contribution in [2.24, 2.45) is 5.14 Å². The molecule has 0 aliphatic carbocycles. The Morgan fingerprint density at radius 3 is 2.83 bits per heavy atom. The predicted molar refractivity (Wildman–Crippen MR) is 38.4 cm³/mol. The van der Waals surface area contributed by atoms with Crippen LogP contribution in [0.25, 0.3) is 0 Å². The number of aromatic nitrogens is 3. The largest absolute Gasteiger partial charge is 0.362 e. The van der Waals surface area contributed by atoms with E-state index in [0.717, 1.165) is 0 Å². The van der Waals surface area contributed by atoms with Gasteiger partial charge in [0.2, 0.25) is 0 Å². The van der Waals surface area contributed by atoms with Crippen molar-refractivity contribution in [1.29, 1.82) is 0 Å². The van der Waals surface area contributed by atoms with Crippen LogP contribution in [-0.2, 0) is 21.5 Å². The number of ether oxygens (including phenoxy) is 1. The molecule has 1 rings (SSSR count). The van der Waals surface area contributed by atoms with Crippen molar-refractivity contribution in [2.75, 3.05) is 7.11 Å². The van der Waals surface area contributed by atoms with Gasteiger partial charge >= 0.3 is 0 Å². The highest BCUT2D eigenvalue weighted by Crippen LogP contribution is 1.95. The van der Waals surface area contributed by atoms with Crippen molar-refractivity contribution in [3.05, 3.63) is 6.33 Å². The van der Waals surface area contributed by atoms with Crippen LogP contribution in [0.5, 0.6) is 0 Å². The van der Waals surface area contributed by atoms with E-state index in [-0.39, 0.29) is 6.73 Å². The molecule has 1 heterocycles. The van der Waals surface area contributed by atoms with E-state index in [1.165, 1.54) is 18.1 Å². The molecule has 0 saturated carbocycles. The highest BCUT2D eigenvalue weighted by Gasteiger charge is 2.12. The Balaban J connectivity index is 2.92. The van der Waals surface area contributed by atoms with E-state index >= 15 is 0 Å². The van der Waals surface area contributed by atoms with Crippen molar-refractivity contribution in [2.45, 2.75) is 11.9 Å². The minimum Gasteiger partial charge on any atom is -0.362 e. The van der Waals surface area contributed by atoms with Gasteiger partial charge < -0.3 is 4.74 Å². The molecule has 0 bridgehead atoms. The minimum atomic E-state index is -3.80. The van der Waals surface area contributed by atoms with E-state index < -0.39 is 15.2 Å². The maximum absolute atomic E-state index is 10.6. The van der Waals surface area contributed by atoms with Gasteiger partial charge in [0.15, 0.2) is 0 Å². The molecule has 1 aromatic rings. The molecule has 0 aliphatic rings. The highest BCUT2D eigenvalue weighted by atomic mass is 32.2. The van der Waals surface area contributed by atoms with Crippen LogP contribution in [0.4, 0.5) is 0 Å². The summed E-state index contributed by atoms with van der Waals surface area (Å²) in [7, 11) is -2.34. The molecule has 0 aliphatic heterocycles. The summed E-state index contributed by atoms with van der Waals surface area (Å²) in [5.74, 6) is 0. The zero-order valence-corrected chi connectivity index (χ0v) is 7.15. The fraction of sp³-hybridized carbons (Fsp3) is 0.500. The van der Waals surface area contributed by atoms with Crippen LogP contribution in [0, 0.1) is 0 Å². The fourth-order valence-corrected chi connectivity index (χ4v) is 1.02. The Bertz CT molecular complexity index is 356. The normalized spacial score (nSPS) is 11.8. The first kappa shape index (κ1) is 9.10.